The van der Waals surface area contributed by atoms with Crippen LogP contribution >= 0.6 is 0 Å². The number of ether oxygens (including phenoxy) is 12. The third kappa shape index (κ3) is 24.0. The zero-order valence-electron chi connectivity index (χ0n) is 54.9. The van der Waals surface area contributed by atoms with Crippen LogP contribution in [-0.2, 0) is 76.0 Å². The Bertz CT molecular complexity index is 2220. The molecule has 21 atom stereocenters. The van der Waals surface area contributed by atoms with Crippen LogP contribution in [0.25, 0.3) is 6.08 Å². The molecule has 5 N–H and O–H groups in total. The first-order valence-corrected chi connectivity index (χ1v) is 34.6. The molecule has 0 unspecified atom stereocenters. The van der Waals surface area contributed by atoms with Crippen LogP contribution in [0.1, 0.15) is 240 Å². The van der Waals surface area contributed by atoms with E-state index in [1.54, 1.807) is 52.0 Å². The van der Waals surface area contributed by atoms with Gasteiger partial charge in [-0.1, -0.05) is 186 Å². The third-order valence-corrected chi connectivity index (χ3v) is 18.0. The zero-order valence-corrected chi connectivity index (χ0v) is 54.9. The topological polar surface area (TPSA) is 280 Å². The summed E-state index contributed by atoms with van der Waals surface area (Å²) in [6, 6.07) is 9.00. The molecule has 6 rings (SSSR count). The Morgan fingerprint density at radius 3 is 1.57 bits per heavy atom. The number of carbonyl (C=O) groups excluding carboxylic acids is 4. The summed E-state index contributed by atoms with van der Waals surface area (Å²) >= 11 is 0. The van der Waals surface area contributed by atoms with Crippen molar-refractivity contribution in [2.24, 2.45) is 0 Å². The quantitative estimate of drug-likeness (QED) is 0.0216. The number of fused-ring (bicyclic) bond motifs is 2. The number of hydrogen-bond acceptors (Lipinski definition) is 21. The molecule has 21 nitrogen and oxygen atoms in total. The second-order valence-corrected chi connectivity index (χ2v) is 25.6. The summed E-state index contributed by atoms with van der Waals surface area (Å²) in [5, 5.41) is 60.2. The van der Waals surface area contributed by atoms with Crippen molar-refractivity contribution in [2.75, 3.05) is 0 Å². The first-order valence-electron chi connectivity index (χ1n) is 34.6. The molecule has 0 radical (unpaired) electrons. The number of carbonyl (C=O) groups is 4. The van der Waals surface area contributed by atoms with E-state index in [4.69, 9.17) is 56.8 Å². The minimum atomic E-state index is -1.79. The van der Waals surface area contributed by atoms with E-state index in [9.17, 15) is 44.7 Å². The largest absolute Gasteiger partial charge is 0.457 e. The Balaban J connectivity index is 1.26. The molecule has 5 aliphatic heterocycles. The van der Waals surface area contributed by atoms with Crippen LogP contribution in [-0.4, -0.2) is 178 Å². The second kappa shape index (κ2) is 40.5. The molecule has 1 aromatic rings. The summed E-state index contributed by atoms with van der Waals surface area (Å²) in [5.41, 5.74) is 0.692. The van der Waals surface area contributed by atoms with Gasteiger partial charge in [0.05, 0.1) is 30.5 Å². The minimum Gasteiger partial charge on any atom is -0.457 e. The summed E-state index contributed by atoms with van der Waals surface area (Å²) in [5.74, 6) is -2.80. The molecule has 5 saturated heterocycles. The first-order chi connectivity index (χ1) is 43.4. The van der Waals surface area contributed by atoms with Crippen molar-refractivity contribution >= 4 is 30.0 Å². The summed E-state index contributed by atoms with van der Waals surface area (Å²) in [6.45, 7) is 12.7. The molecular formula is C69H112O21. The Kier molecular flexibility index (Phi) is 33.9. The summed E-state index contributed by atoms with van der Waals surface area (Å²) < 4.78 is 75.8. The van der Waals surface area contributed by atoms with Crippen LogP contribution < -0.4 is 0 Å². The van der Waals surface area contributed by atoms with E-state index >= 15 is 0 Å². The standard InChI is InChI=1S/C69H112O21/c1-8-11-14-16-19-24-32-39-50(70)84-59-45(5)80-67(63(56(59)76)87-53(73)43-42-48-35-29-27-30-36-48)88-60-46(6)81-68(64(57(60)77)85-51(71)40-33-25-20-17-15-12-9-2)89-61-47(7)82-69-65(58(61)78)86-52(72)41-34-26-22-18-21-23-31-38-49(37-28-13-10-3)83-66-62(90-69)55(75)54(74)44(4)79-66/h27,29-30,35-36,42-47,49,54-69,74-78H,8-26,28,31-34,37-41H2,1-7H3/b43-42+/t44-,45+,46+,47+,49+,54+,55+,56-,57-,58-,59+,60+,61+,62-,63-,64-,65-,66+,67+,68+,69+/m1/s1. The molecule has 0 aliphatic carbocycles. The lowest BCUT2D eigenvalue weighted by Crippen LogP contribution is -2.67. The molecule has 5 heterocycles. The molecule has 21 heteroatoms. The van der Waals surface area contributed by atoms with Gasteiger partial charge in [-0.05, 0) is 71.4 Å². The monoisotopic (exact) mass is 1280 g/mol. The van der Waals surface area contributed by atoms with Crippen LogP contribution in [0.3, 0.4) is 0 Å². The molecule has 90 heavy (non-hydrogen) atoms. The van der Waals surface area contributed by atoms with Crippen LogP contribution in [0, 0.1) is 0 Å². The highest BCUT2D eigenvalue weighted by Gasteiger charge is 2.57. The van der Waals surface area contributed by atoms with Gasteiger partial charge in [0, 0.05) is 25.3 Å². The lowest BCUT2D eigenvalue weighted by atomic mass is 9.95. The molecule has 1 aromatic carbocycles. The van der Waals surface area contributed by atoms with Gasteiger partial charge in [-0.2, -0.15) is 0 Å². The molecule has 0 spiro atoms. The fourth-order valence-corrected chi connectivity index (χ4v) is 12.6. The van der Waals surface area contributed by atoms with E-state index < -0.39 is 147 Å². The van der Waals surface area contributed by atoms with E-state index in [0.29, 0.717) is 24.8 Å². The Morgan fingerprint density at radius 2 is 0.956 bits per heavy atom. The maximum atomic E-state index is 14.0. The number of esters is 4. The van der Waals surface area contributed by atoms with Gasteiger partial charge < -0.3 is 82.4 Å². The Labute approximate surface area is 535 Å². The van der Waals surface area contributed by atoms with Crippen molar-refractivity contribution in [1.82, 2.24) is 0 Å². The summed E-state index contributed by atoms with van der Waals surface area (Å²) in [4.78, 5) is 54.8. The number of rotatable bonds is 29. The highest BCUT2D eigenvalue weighted by molar-refractivity contribution is 5.87. The second-order valence-electron chi connectivity index (χ2n) is 25.6. The van der Waals surface area contributed by atoms with Crippen molar-refractivity contribution in [2.45, 2.75) is 364 Å². The van der Waals surface area contributed by atoms with E-state index in [1.807, 2.05) is 6.07 Å². The minimum absolute atomic E-state index is 0.0112. The maximum absolute atomic E-state index is 14.0. The average molecular weight is 1280 g/mol. The molecule has 0 aromatic heterocycles. The van der Waals surface area contributed by atoms with Crippen LogP contribution in [0.2, 0.25) is 0 Å². The number of aliphatic hydroxyl groups is 5. The van der Waals surface area contributed by atoms with Crippen molar-refractivity contribution in [1.29, 1.82) is 0 Å². The molecule has 5 fully saturated rings. The predicted octanol–water partition coefficient (Wildman–Crippen LogP) is 10.1. The van der Waals surface area contributed by atoms with E-state index in [-0.39, 0.29) is 25.4 Å². The number of benzene rings is 1. The van der Waals surface area contributed by atoms with Gasteiger partial charge in [0.1, 0.15) is 48.8 Å². The summed E-state index contributed by atoms with van der Waals surface area (Å²) in [7, 11) is 0. The SMILES string of the molecule is CCCCCCCCCC(=O)O[C@@H]1[C@@H](O)[C@@H](OC(=O)/C=C/c2ccccc2)[C@H](O[C@@H]2[C@@H](O)[C@@H](OC(=O)CCCCCCCCC)[C@H](O[C@@H]3[C@@H](O)[C@H]4OC(=O)CCCCCCCCC[C@H](CCCCC)O[C@@H]5O[C@H](C)[C@H](O)[C@H](O)[C@H]5O[C@@H]4O[C@H]3C)O[C@H]2C)O[C@H]1C. The van der Waals surface area contributed by atoms with Gasteiger partial charge in [0.2, 0.25) is 0 Å². The first kappa shape index (κ1) is 75.3. The predicted molar refractivity (Wildman–Crippen MR) is 333 cm³/mol. The van der Waals surface area contributed by atoms with E-state index in [2.05, 4.69) is 20.8 Å². The van der Waals surface area contributed by atoms with Gasteiger partial charge in [-0.15, -0.1) is 0 Å². The van der Waals surface area contributed by atoms with Gasteiger partial charge in [-0.3, -0.25) is 14.4 Å². The Morgan fingerprint density at radius 1 is 0.478 bits per heavy atom. The highest BCUT2D eigenvalue weighted by atomic mass is 16.8. The van der Waals surface area contributed by atoms with Gasteiger partial charge in [-0.25, -0.2) is 4.79 Å². The van der Waals surface area contributed by atoms with Crippen molar-refractivity contribution in [3.63, 3.8) is 0 Å². The molecule has 5 aliphatic rings. The number of unbranched alkanes of at least 4 members (excludes halogenated alkanes) is 14. The molecular weight excluding hydrogens is 1160 g/mol. The Hall–Kier alpha value is -3.68. The lowest BCUT2D eigenvalue weighted by Gasteiger charge is -2.49. The summed E-state index contributed by atoms with van der Waals surface area (Å²) in [6.07, 6.45) is -2.49. The van der Waals surface area contributed by atoms with Crippen molar-refractivity contribution in [3.05, 3.63) is 42.0 Å². The smallest absolute Gasteiger partial charge is 0.331 e. The van der Waals surface area contributed by atoms with Crippen LogP contribution in [0.5, 0.6) is 0 Å². The highest BCUT2D eigenvalue weighted by Crippen LogP contribution is 2.38. The van der Waals surface area contributed by atoms with Gasteiger partial charge in [0.25, 0.3) is 0 Å². The van der Waals surface area contributed by atoms with Gasteiger partial charge in [0.15, 0.2) is 49.6 Å². The molecule has 0 amide bonds. The van der Waals surface area contributed by atoms with Gasteiger partial charge >= 0.3 is 23.9 Å². The van der Waals surface area contributed by atoms with Crippen molar-refractivity contribution < 1.29 is 102 Å². The zero-order chi connectivity index (χ0) is 65.0. The number of hydrogen-bond donors (Lipinski definition) is 5. The fraction of sp³-hybridized carbons (Fsp3) is 0.826. The van der Waals surface area contributed by atoms with E-state index in [1.165, 1.54) is 12.2 Å². The molecule has 0 saturated carbocycles. The number of aliphatic hydroxyl groups excluding tert-OH is 5. The van der Waals surface area contributed by atoms with Crippen LogP contribution in [0.4, 0.5) is 0 Å². The molecule has 0 bridgehead atoms. The third-order valence-electron chi connectivity index (χ3n) is 18.0. The molecule has 514 valence electrons. The van der Waals surface area contributed by atoms with E-state index in [0.717, 1.165) is 148 Å². The maximum Gasteiger partial charge on any atom is 0.331 e. The van der Waals surface area contributed by atoms with Crippen molar-refractivity contribution in [3.8, 4) is 0 Å². The lowest BCUT2D eigenvalue weighted by molar-refractivity contribution is -0.387. The average Bonchev–Trinajstić information content (AvgIpc) is 3.70. The van der Waals surface area contributed by atoms with Crippen LogP contribution in [0.15, 0.2) is 36.4 Å². The normalized spacial score (nSPS) is 35.1. The fourth-order valence-electron chi connectivity index (χ4n) is 12.6.